The Bertz CT molecular complexity index is 1620. The molecular formula is C28H22FN5O3. The summed E-state index contributed by atoms with van der Waals surface area (Å²) >= 11 is 0. The number of nitrogens with zero attached hydrogens (tertiary/aromatic N) is 3. The molecule has 8 nitrogen and oxygen atoms in total. The van der Waals surface area contributed by atoms with Gasteiger partial charge < -0.3 is 10.3 Å². The minimum atomic E-state index is -0.646. The van der Waals surface area contributed by atoms with Gasteiger partial charge in [-0.05, 0) is 56.3 Å². The van der Waals surface area contributed by atoms with Gasteiger partial charge in [-0.15, -0.1) is 0 Å². The van der Waals surface area contributed by atoms with Gasteiger partial charge in [0.2, 0.25) is 11.8 Å². The van der Waals surface area contributed by atoms with Gasteiger partial charge in [-0.3, -0.25) is 14.9 Å². The quantitative estimate of drug-likeness (QED) is 0.332. The number of benzene rings is 3. The Morgan fingerprint density at radius 1 is 0.919 bits per heavy atom. The number of primary amides is 1. The monoisotopic (exact) mass is 495 g/mol. The number of aromatic nitrogens is 3. The van der Waals surface area contributed by atoms with Crippen LogP contribution in [0.1, 0.15) is 32.1 Å². The van der Waals surface area contributed by atoms with Crippen LogP contribution in [0.3, 0.4) is 0 Å². The molecular weight excluding hydrogens is 473 g/mol. The van der Waals surface area contributed by atoms with Crippen molar-refractivity contribution in [2.75, 3.05) is 5.32 Å². The number of halogens is 1. The van der Waals surface area contributed by atoms with E-state index in [0.29, 0.717) is 28.1 Å². The number of aryl methyl sites for hydroxylation is 1. The molecule has 9 heteroatoms. The second kappa shape index (κ2) is 9.54. The van der Waals surface area contributed by atoms with Crippen molar-refractivity contribution in [2.45, 2.75) is 13.8 Å². The first-order valence-electron chi connectivity index (χ1n) is 11.4. The van der Waals surface area contributed by atoms with Crippen LogP contribution >= 0.6 is 0 Å². The number of hydrogen-bond donors (Lipinski definition) is 2. The minimum absolute atomic E-state index is 0.0179. The number of rotatable bonds is 6. The molecule has 2 aromatic heterocycles. The number of carbonyl (C=O) groups excluding carboxylic acids is 2. The highest BCUT2D eigenvalue weighted by molar-refractivity contribution is 6.09. The van der Waals surface area contributed by atoms with Gasteiger partial charge in [-0.25, -0.2) is 9.07 Å². The fourth-order valence-corrected chi connectivity index (χ4v) is 4.29. The Balaban J connectivity index is 1.69. The average molecular weight is 496 g/mol. The predicted octanol–water partition coefficient (Wildman–Crippen LogP) is 5.30. The molecule has 0 fully saturated rings. The van der Waals surface area contributed by atoms with E-state index in [2.05, 4.69) is 10.5 Å². The fourth-order valence-electron chi connectivity index (χ4n) is 4.29. The molecule has 0 aliphatic carbocycles. The Morgan fingerprint density at radius 3 is 2.30 bits per heavy atom. The molecule has 3 aromatic carbocycles. The van der Waals surface area contributed by atoms with E-state index in [4.69, 9.17) is 15.4 Å². The molecule has 2 amide bonds. The Hall–Kier alpha value is -5.05. The zero-order valence-electron chi connectivity index (χ0n) is 20.0. The first-order chi connectivity index (χ1) is 17.8. The predicted molar refractivity (Wildman–Crippen MR) is 137 cm³/mol. The third-order valence-electron chi connectivity index (χ3n) is 6.02. The maximum Gasteiger partial charge on any atom is 0.258 e. The molecule has 0 saturated carbocycles. The zero-order valence-corrected chi connectivity index (χ0v) is 20.0. The van der Waals surface area contributed by atoms with Crippen LogP contribution in [0.25, 0.3) is 28.1 Å². The molecule has 0 spiro atoms. The van der Waals surface area contributed by atoms with Crippen LogP contribution in [0.5, 0.6) is 0 Å². The second-order valence-electron chi connectivity index (χ2n) is 8.40. The van der Waals surface area contributed by atoms with E-state index >= 15 is 0 Å². The third-order valence-corrected chi connectivity index (χ3v) is 6.02. The van der Waals surface area contributed by atoms with E-state index in [-0.39, 0.29) is 17.0 Å². The second-order valence-corrected chi connectivity index (χ2v) is 8.40. The molecule has 37 heavy (non-hydrogen) atoms. The maximum atomic E-state index is 13.4. The number of anilines is 1. The number of para-hydroxylation sites is 1. The summed E-state index contributed by atoms with van der Waals surface area (Å²) in [5.74, 6) is -1.62. The van der Waals surface area contributed by atoms with Crippen molar-refractivity contribution in [3.8, 4) is 28.1 Å². The molecule has 0 aliphatic heterocycles. The van der Waals surface area contributed by atoms with Crippen molar-refractivity contribution >= 4 is 17.7 Å². The highest BCUT2D eigenvalue weighted by atomic mass is 19.1. The van der Waals surface area contributed by atoms with Crippen molar-refractivity contribution < 1.29 is 18.5 Å². The molecule has 3 N–H and O–H groups in total. The summed E-state index contributed by atoms with van der Waals surface area (Å²) < 4.78 is 20.8. The van der Waals surface area contributed by atoms with Crippen molar-refractivity contribution in [1.29, 1.82) is 0 Å². The largest absolute Gasteiger partial charge is 0.366 e. The van der Waals surface area contributed by atoms with Crippen LogP contribution < -0.4 is 11.1 Å². The van der Waals surface area contributed by atoms with E-state index in [1.54, 1.807) is 28.9 Å². The highest BCUT2D eigenvalue weighted by Crippen LogP contribution is 2.42. The van der Waals surface area contributed by atoms with Crippen molar-refractivity contribution in [3.05, 3.63) is 107 Å². The number of nitrogens with two attached hydrogens (primary N) is 1. The molecule has 2 heterocycles. The van der Waals surface area contributed by atoms with Gasteiger partial charge in [-0.2, -0.15) is 5.10 Å². The van der Waals surface area contributed by atoms with E-state index in [1.807, 2.05) is 44.2 Å². The number of nitrogens with one attached hydrogen (secondary N) is 1. The SMILES string of the molecule is Cc1nn(-c2ccccc2)c(C)c1-c1noc(NC(=O)c2ccc(F)cc2)c1-c1ccccc1C(N)=O. The minimum Gasteiger partial charge on any atom is -0.366 e. The fraction of sp³-hybridized carbons (Fsp3) is 0.0714. The zero-order chi connectivity index (χ0) is 26.1. The van der Waals surface area contributed by atoms with Crippen LogP contribution in [-0.2, 0) is 0 Å². The molecule has 5 rings (SSSR count). The van der Waals surface area contributed by atoms with Gasteiger partial charge in [0.1, 0.15) is 11.5 Å². The molecule has 5 aromatic rings. The van der Waals surface area contributed by atoms with Gasteiger partial charge in [-0.1, -0.05) is 41.6 Å². The van der Waals surface area contributed by atoms with Gasteiger partial charge >= 0.3 is 0 Å². The average Bonchev–Trinajstić information content (AvgIpc) is 3.43. The van der Waals surface area contributed by atoms with E-state index in [0.717, 1.165) is 11.4 Å². The first kappa shape index (κ1) is 23.7. The lowest BCUT2D eigenvalue weighted by molar-refractivity contribution is 0.0998. The van der Waals surface area contributed by atoms with Gasteiger partial charge in [0.25, 0.3) is 5.91 Å². The summed E-state index contributed by atoms with van der Waals surface area (Å²) in [5, 5.41) is 11.7. The summed E-state index contributed by atoms with van der Waals surface area (Å²) in [6, 6.07) is 21.4. The standard InChI is InChI=1S/C28H22FN5O3/c1-16-23(17(2)34(32-16)20-8-4-3-5-9-20)25-24(21-10-6-7-11-22(21)26(30)35)28(37-33-25)31-27(36)18-12-14-19(29)15-13-18/h3-15H,1-2H3,(H2,30,35)(H,31,36). The number of hydrogen-bond acceptors (Lipinski definition) is 5. The van der Waals surface area contributed by atoms with Crippen LogP contribution in [-0.4, -0.2) is 26.8 Å². The van der Waals surface area contributed by atoms with Crippen LogP contribution in [0.15, 0.2) is 83.4 Å². The highest BCUT2D eigenvalue weighted by Gasteiger charge is 2.28. The van der Waals surface area contributed by atoms with E-state index in [9.17, 15) is 14.0 Å². The summed E-state index contributed by atoms with van der Waals surface area (Å²) in [7, 11) is 0. The first-order valence-corrected chi connectivity index (χ1v) is 11.4. The van der Waals surface area contributed by atoms with Gasteiger partial charge in [0.15, 0.2) is 0 Å². The molecule has 0 unspecified atom stereocenters. The molecule has 0 saturated heterocycles. The third kappa shape index (κ3) is 4.38. The van der Waals surface area contributed by atoms with E-state index < -0.39 is 17.6 Å². The van der Waals surface area contributed by atoms with Crippen LogP contribution in [0.4, 0.5) is 10.3 Å². The molecule has 0 bridgehead atoms. The topological polar surface area (TPSA) is 116 Å². The van der Waals surface area contributed by atoms with Gasteiger partial charge in [0, 0.05) is 22.3 Å². The lowest BCUT2D eigenvalue weighted by Crippen LogP contribution is -2.14. The summed E-state index contributed by atoms with van der Waals surface area (Å²) in [5.41, 5.74) is 10.3. The van der Waals surface area contributed by atoms with Crippen molar-refractivity contribution in [3.63, 3.8) is 0 Å². The smallest absolute Gasteiger partial charge is 0.258 e. The molecule has 0 atom stereocenters. The number of amides is 2. The summed E-state index contributed by atoms with van der Waals surface area (Å²) in [6.45, 7) is 3.74. The summed E-state index contributed by atoms with van der Waals surface area (Å²) in [4.78, 5) is 25.3. The molecule has 0 aliphatic rings. The Morgan fingerprint density at radius 2 is 1.59 bits per heavy atom. The number of carbonyl (C=O) groups is 2. The lowest BCUT2D eigenvalue weighted by Gasteiger charge is -2.10. The summed E-state index contributed by atoms with van der Waals surface area (Å²) in [6.07, 6.45) is 0. The van der Waals surface area contributed by atoms with Crippen LogP contribution in [0.2, 0.25) is 0 Å². The Kier molecular flexibility index (Phi) is 6.10. The molecule has 184 valence electrons. The molecule has 0 radical (unpaired) electrons. The lowest BCUT2D eigenvalue weighted by atomic mass is 9.95. The van der Waals surface area contributed by atoms with Crippen LogP contribution in [0, 0.1) is 19.7 Å². The normalized spacial score (nSPS) is 10.9. The van der Waals surface area contributed by atoms with Gasteiger partial charge in [0.05, 0.1) is 22.6 Å². The van der Waals surface area contributed by atoms with Crippen molar-refractivity contribution in [2.24, 2.45) is 5.73 Å². The van der Waals surface area contributed by atoms with E-state index in [1.165, 1.54) is 24.3 Å². The maximum absolute atomic E-state index is 13.4. The van der Waals surface area contributed by atoms with Crippen molar-refractivity contribution in [1.82, 2.24) is 14.9 Å². The Labute approximate surface area is 211 Å².